The molecule has 0 saturated heterocycles. The molecule has 0 N–H and O–H groups in total. The zero-order chi connectivity index (χ0) is 23.3. The fourth-order valence-corrected chi connectivity index (χ4v) is 4.29. The number of benzene rings is 4. The van der Waals surface area contributed by atoms with Gasteiger partial charge in [-0.25, -0.2) is 4.98 Å². The lowest BCUT2D eigenvalue weighted by atomic mass is 10.1. The normalized spacial score (nSPS) is 10.6. The minimum atomic E-state index is 0.660. The molecule has 0 aliphatic carbocycles. The monoisotopic (exact) mass is 571 g/mol. The third-order valence-corrected chi connectivity index (χ3v) is 6.04. The van der Waals surface area contributed by atoms with Crippen molar-refractivity contribution < 1.29 is 9.47 Å². The van der Waals surface area contributed by atoms with Crippen LogP contribution in [0.4, 0.5) is 0 Å². The lowest BCUT2D eigenvalue weighted by Crippen LogP contribution is -1.92. The Morgan fingerprint density at radius 1 is 0.441 bits per heavy atom. The molecule has 0 spiro atoms. The minimum absolute atomic E-state index is 0.660. The van der Waals surface area contributed by atoms with E-state index in [1.165, 1.54) is 0 Å². The van der Waals surface area contributed by atoms with Crippen LogP contribution in [-0.4, -0.2) is 4.98 Å². The Balaban J connectivity index is 1.55. The standard InChI is InChI=1S/C29H19Br2NO2/c30-22-9-4-11-24(17-22)33-26-15-21(16-27(19-26)34-25-12-5-10-23(31)18-25)29-14-6-13-28(32-29)20-7-2-1-3-8-20/h1-19H. The van der Waals surface area contributed by atoms with Crippen molar-refractivity contribution in [1.82, 2.24) is 4.98 Å². The second-order valence-electron chi connectivity index (χ2n) is 7.59. The van der Waals surface area contributed by atoms with Crippen LogP contribution in [0.15, 0.2) is 124 Å². The van der Waals surface area contributed by atoms with Gasteiger partial charge in [-0.05, 0) is 60.7 Å². The largest absolute Gasteiger partial charge is 0.457 e. The molecule has 5 rings (SSSR count). The van der Waals surface area contributed by atoms with Crippen molar-refractivity contribution in [3.05, 3.63) is 124 Å². The van der Waals surface area contributed by atoms with E-state index in [2.05, 4.69) is 44.0 Å². The number of rotatable bonds is 6. The van der Waals surface area contributed by atoms with Gasteiger partial charge in [0.1, 0.15) is 23.0 Å². The number of nitrogens with zero attached hydrogens (tertiary/aromatic N) is 1. The Hall–Kier alpha value is -3.41. The molecule has 0 radical (unpaired) electrons. The van der Waals surface area contributed by atoms with Crippen molar-refractivity contribution in [3.63, 3.8) is 0 Å². The van der Waals surface area contributed by atoms with Gasteiger partial charge in [0.2, 0.25) is 0 Å². The quantitative estimate of drug-likeness (QED) is 0.203. The summed E-state index contributed by atoms with van der Waals surface area (Å²) in [6.45, 7) is 0. The maximum atomic E-state index is 6.19. The van der Waals surface area contributed by atoms with E-state index in [4.69, 9.17) is 14.5 Å². The summed E-state index contributed by atoms with van der Waals surface area (Å²) in [6, 6.07) is 37.5. The van der Waals surface area contributed by atoms with Crippen LogP contribution in [0.5, 0.6) is 23.0 Å². The van der Waals surface area contributed by atoms with Gasteiger partial charge in [0.15, 0.2) is 0 Å². The molecular formula is C29H19Br2NO2. The summed E-state index contributed by atoms with van der Waals surface area (Å²) in [4.78, 5) is 4.91. The molecule has 34 heavy (non-hydrogen) atoms. The molecule has 0 aliphatic rings. The molecular weight excluding hydrogens is 554 g/mol. The summed E-state index contributed by atoms with van der Waals surface area (Å²) < 4.78 is 14.3. The molecule has 0 atom stereocenters. The second-order valence-corrected chi connectivity index (χ2v) is 9.42. The van der Waals surface area contributed by atoms with Crippen molar-refractivity contribution in [3.8, 4) is 45.5 Å². The topological polar surface area (TPSA) is 31.4 Å². The Morgan fingerprint density at radius 3 is 1.53 bits per heavy atom. The van der Waals surface area contributed by atoms with Gasteiger partial charge < -0.3 is 9.47 Å². The Bertz CT molecular complexity index is 1370. The average Bonchev–Trinajstić information content (AvgIpc) is 2.85. The van der Waals surface area contributed by atoms with Gasteiger partial charge in [-0.3, -0.25) is 0 Å². The average molecular weight is 573 g/mol. The Labute approximate surface area is 215 Å². The molecule has 1 aromatic heterocycles. The van der Waals surface area contributed by atoms with Crippen LogP contribution in [0.1, 0.15) is 0 Å². The number of halogens is 2. The minimum Gasteiger partial charge on any atom is -0.457 e. The third kappa shape index (κ3) is 5.56. The number of aromatic nitrogens is 1. The Kier molecular flexibility index (Phi) is 6.74. The Morgan fingerprint density at radius 2 is 0.971 bits per heavy atom. The first kappa shape index (κ1) is 22.4. The smallest absolute Gasteiger partial charge is 0.131 e. The summed E-state index contributed by atoms with van der Waals surface area (Å²) in [5.74, 6) is 2.77. The maximum Gasteiger partial charge on any atom is 0.131 e. The number of hydrogen-bond acceptors (Lipinski definition) is 3. The molecule has 4 aromatic carbocycles. The van der Waals surface area contributed by atoms with E-state index in [9.17, 15) is 0 Å². The summed E-state index contributed by atoms with van der Waals surface area (Å²) in [6.07, 6.45) is 0. The van der Waals surface area contributed by atoms with E-state index in [1.54, 1.807) is 0 Å². The van der Waals surface area contributed by atoms with E-state index in [1.807, 2.05) is 103 Å². The molecule has 5 heteroatoms. The van der Waals surface area contributed by atoms with Crippen LogP contribution < -0.4 is 9.47 Å². The summed E-state index contributed by atoms with van der Waals surface area (Å²) in [7, 11) is 0. The predicted molar refractivity (Wildman–Crippen MR) is 144 cm³/mol. The first-order valence-electron chi connectivity index (χ1n) is 10.7. The van der Waals surface area contributed by atoms with Gasteiger partial charge in [-0.1, -0.05) is 80.4 Å². The number of hydrogen-bond donors (Lipinski definition) is 0. The van der Waals surface area contributed by atoms with Gasteiger partial charge in [-0.2, -0.15) is 0 Å². The van der Waals surface area contributed by atoms with Gasteiger partial charge in [0.25, 0.3) is 0 Å². The van der Waals surface area contributed by atoms with Crippen molar-refractivity contribution in [2.45, 2.75) is 0 Å². The zero-order valence-electron chi connectivity index (χ0n) is 18.0. The highest BCUT2D eigenvalue weighted by molar-refractivity contribution is 9.10. The first-order valence-corrected chi connectivity index (χ1v) is 12.3. The van der Waals surface area contributed by atoms with E-state index in [0.29, 0.717) is 11.5 Å². The van der Waals surface area contributed by atoms with Crippen molar-refractivity contribution in [1.29, 1.82) is 0 Å². The van der Waals surface area contributed by atoms with Crippen LogP contribution in [0.25, 0.3) is 22.5 Å². The van der Waals surface area contributed by atoms with Gasteiger partial charge in [0, 0.05) is 26.1 Å². The lowest BCUT2D eigenvalue weighted by molar-refractivity contribution is 0.460. The lowest BCUT2D eigenvalue weighted by Gasteiger charge is -2.13. The first-order chi connectivity index (χ1) is 16.6. The third-order valence-electron chi connectivity index (χ3n) is 5.06. The van der Waals surface area contributed by atoms with Crippen LogP contribution in [-0.2, 0) is 0 Å². The summed E-state index contributed by atoms with van der Waals surface area (Å²) in [5, 5.41) is 0. The van der Waals surface area contributed by atoms with Crippen LogP contribution >= 0.6 is 31.9 Å². The summed E-state index contributed by atoms with van der Waals surface area (Å²) >= 11 is 7.01. The van der Waals surface area contributed by atoms with Gasteiger partial charge in [0.05, 0.1) is 11.4 Å². The van der Waals surface area contributed by atoms with E-state index in [0.717, 1.165) is 43.0 Å². The number of ether oxygens (including phenoxy) is 2. The van der Waals surface area contributed by atoms with Gasteiger partial charge in [-0.15, -0.1) is 0 Å². The van der Waals surface area contributed by atoms with E-state index < -0.39 is 0 Å². The fourth-order valence-electron chi connectivity index (χ4n) is 3.54. The molecule has 166 valence electrons. The highest BCUT2D eigenvalue weighted by Gasteiger charge is 2.10. The molecule has 0 unspecified atom stereocenters. The van der Waals surface area contributed by atoms with Crippen molar-refractivity contribution in [2.24, 2.45) is 0 Å². The van der Waals surface area contributed by atoms with Crippen molar-refractivity contribution in [2.75, 3.05) is 0 Å². The predicted octanol–water partition coefficient (Wildman–Crippen LogP) is 9.53. The molecule has 0 saturated carbocycles. The van der Waals surface area contributed by atoms with E-state index in [-0.39, 0.29) is 0 Å². The van der Waals surface area contributed by atoms with Crippen LogP contribution in [0.3, 0.4) is 0 Å². The van der Waals surface area contributed by atoms with Crippen molar-refractivity contribution >= 4 is 31.9 Å². The molecule has 0 amide bonds. The summed E-state index contributed by atoms with van der Waals surface area (Å²) in [5.41, 5.74) is 3.71. The van der Waals surface area contributed by atoms with Crippen LogP contribution in [0, 0.1) is 0 Å². The fraction of sp³-hybridized carbons (Fsp3) is 0. The van der Waals surface area contributed by atoms with Crippen LogP contribution in [0.2, 0.25) is 0 Å². The van der Waals surface area contributed by atoms with Gasteiger partial charge >= 0.3 is 0 Å². The highest BCUT2D eigenvalue weighted by Crippen LogP contribution is 2.35. The molecule has 0 aliphatic heterocycles. The molecule has 0 bridgehead atoms. The molecule has 3 nitrogen and oxygen atoms in total. The van der Waals surface area contributed by atoms with E-state index >= 15 is 0 Å². The molecule has 5 aromatic rings. The highest BCUT2D eigenvalue weighted by atomic mass is 79.9. The molecule has 0 fully saturated rings. The number of pyridine rings is 1. The second kappa shape index (κ2) is 10.2. The molecule has 1 heterocycles. The maximum absolute atomic E-state index is 6.19. The SMILES string of the molecule is Brc1cccc(Oc2cc(Oc3cccc(Br)c3)cc(-c3cccc(-c4ccccc4)n3)c2)c1. The zero-order valence-corrected chi connectivity index (χ0v) is 21.2.